The quantitative estimate of drug-likeness (QED) is 0.716. The molecule has 1 aromatic carbocycles. The van der Waals surface area contributed by atoms with Crippen LogP contribution >= 0.6 is 0 Å². The van der Waals surface area contributed by atoms with E-state index in [-0.39, 0.29) is 10.8 Å². The third-order valence-electron chi connectivity index (χ3n) is 4.27. The van der Waals surface area contributed by atoms with Gasteiger partial charge in [-0.3, -0.25) is 4.79 Å². The number of carbonyl (C=O) groups is 2. The van der Waals surface area contributed by atoms with Gasteiger partial charge >= 0.3 is 5.97 Å². The van der Waals surface area contributed by atoms with Crippen molar-refractivity contribution in [1.29, 1.82) is 0 Å². The molecular formula is C17H23FN2O5S. The topological polar surface area (TPSA) is 84.0 Å². The lowest BCUT2D eigenvalue weighted by Crippen LogP contribution is -2.41. The Morgan fingerprint density at radius 3 is 2.65 bits per heavy atom. The number of rotatable bonds is 5. The third kappa shape index (κ3) is 4.59. The molecule has 2 rings (SSSR count). The van der Waals surface area contributed by atoms with Crippen molar-refractivity contribution in [3.63, 3.8) is 0 Å². The molecule has 26 heavy (non-hydrogen) atoms. The fourth-order valence-corrected chi connectivity index (χ4v) is 3.67. The molecule has 1 aliphatic rings. The summed E-state index contributed by atoms with van der Waals surface area (Å²) < 4.78 is 44.0. The summed E-state index contributed by atoms with van der Waals surface area (Å²) in [5.41, 5.74) is -0.521. The number of ether oxygens (including phenoxy) is 1. The molecule has 1 aliphatic heterocycles. The molecule has 0 N–H and O–H groups in total. The lowest BCUT2D eigenvalue weighted by Gasteiger charge is -2.30. The van der Waals surface area contributed by atoms with Gasteiger partial charge in [0.2, 0.25) is 10.0 Å². The van der Waals surface area contributed by atoms with E-state index in [4.69, 9.17) is 4.74 Å². The van der Waals surface area contributed by atoms with Crippen molar-refractivity contribution in [2.24, 2.45) is 5.92 Å². The highest BCUT2D eigenvalue weighted by atomic mass is 32.2. The molecule has 1 aromatic rings. The van der Waals surface area contributed by atoms with Crippen molar-refractivity contribution in [3.8, 4) is 0 Å². The lowest BCUT2D eigenvalue weighted by atomic mass is 10.0. The number of amides is 1. The number of halogens is 1. The minimum absolute atomic E-state index is 0.230. The van der Waals surface area contributed by atoms with E-state index in [1.165, 1.54) is 14.1 Å². The Bertz CT molecular complexity index is 794. The minimum atomic E-state index is -3.82. The average molecular weight is 386 g/mol. The number of sulfonamides is 1. The van der Waals surface area contributed by atoms with Crippen LogP contribution in [0.15, 0.2) is 23.1 Å². The van der Waals surface area contributed by atoms with Gasteiger partial charge in [0.05, 0.1) is 10.5 Å². The first-order valence-electron chi connectivity index (χ1n) is 8.30. The maximum atomic E-state index is 13.9. The van der Waals surface area contributed by atoms with Gasteiger partial charge in [-0.1, -0.05) is 6.92 Å². The zero-order valence-electron chi connectivity index (χ0n) is 15.1. The number of hydrogen-bond acceptors (Lipinski definition) is 5. The summed E-state index contributed by atoms with van der Waals surface area (Å²) >= 11 is 0. The monoisotopic (exact) mass is 386 g/mol. The second kappa shape index (κ2) is 8.13. The molecule has 144 valence electrons. The number of benzene rings is 1. The molecule has 0 bridgehead atoms. The smallest absolute Gasteiger partial charge is 0.341 e. The van der Waals surface area contributed by atoms with E-state index in [0.717, 1.165) is 35.3 Å². The summed E-state index contributed by atoms with van der Waals surface area (Å²) in [5.74, 6) is -1.94. The first-order valence-corrected chi connectivity index (χ1v) is 9.74. The van der Waals surface area contributed by atoms with Crippen molar-refractivity contribution >= 4 is 21.9 Å². The maximum Gasteiger partial charge on any atom is 0.341 e. The van der Waals surface area contributed by atoms with Crippen molar-refractivity contribution in [2.45, 2.75) is 24.7 Å². The van der Waals surface area contributed by atoms with Crippen LogP contribution in [-0.4, -0.2) is 63.3 Å². The molecule has 0 aliphatic carbocycles. The van der Waals surface area contributed by atoms with Gasteiger partial charge in [0.15, 0.2) is 6.61 Å². The van der Waals surface area contributed by atoms with Gasteiger partial charge in [0.25, 0.3) is 5.91 Å². The maximum absolute atomic E-state index is 13.9. The number of carbonyl (C=O) groups excluding carboxylic acids is 2. The summed E-state index contributed by atoms with van der Waals surface area (Å²) in [4.78, 5) is 25.6. The molecule has 1 fully saturated rings. The van der Waals surface area contributed by atoms with E-state index in [9.17, 15) is 22.4 Å². The largest absolute Gasteiger partial charge is 0.452 e. The van der Waals surface area contributed by atoms with Crippen LogP contribution < -0.4 is 0 Å². The van der Waals surface area contributed by atoms with Crippen LogP contribution in [0, 0.1) is 11.7 Å². The average Bonchev–Trinajstić information content (AvgIpc) is 2.59. The van der Waals surface area contributed by atoms with E-state index in [2.05, 4.69) is 0 Å². The Hall–Kier alpha value is -2.00. The molecule has 7 nitrogen and oxygen atoms in total. The molecule has 1 atom stereocenters. The summed E-state index contributed by atoms with van der Waals surface area (Å²) in [6.07, 6.45) is 1.93. The molecular weight excluding hydrogens is 363 g/mol. The second-order valence-electron chi connectivity index (χ2n) is 6.59. The number of likely N-dealkylation sites (tertiary alicyclic amines) is 1. The van der Waals surface area contributed by atoms with Gasteiger partial charge in [0, 0.05) is 27.2 Å². The van der Waals surface area contributed by atoms with E-state index in [1.54, 1.807) is 4.90 Å². The molecule has 0 aromatic heterocycles. The molecule has 1 heterocycles. The fourth-order valence-electron chi connectivity index (χ4n) is 2.74. The molecule has 0 spiro atoms. The Kier molecular flexibility index (Phi) is 6.35. The zero-order valence-corrected chi connectivity index (χ0v) is 15.9. The Morgan fingerprint density at radius 2 is 2.04 bits per heavy atom. The first-order chi connectivity index (χ1) is 12.1. The van der Waals surface area contributed by atoms with E-state index in [1.807, 2.05) is 6.92 Å². The second-order valence-corrected chi connectivity index (χ2v) is 8.74. The highest BCUT2D eigenvalue weighted by Gasteiger charge is 2.25. The molecule has 1 saturated heterocycles. The number of hydrogen-bond donors (Lipinski definition) is 0. The SMILES string of the molecule is C[C@@H]1CCCN(C(=O)COC(=O)c2cc(S(=O)(=O)N(C)C)ccc2F)C1. The zero-order chi connectivity index (χ0) is 19.5. The van der Waals surface area contributed by atoms with Gasteiger partial charge in [-0.2, -0.15) is 0 Å². The summed E-state index contributed by atoms with van der Waals surface area (Å²) in [6, 6.07) is 2.88. The summed E-state index contributed by atoms with van der Waals surface area (Å²) in [5, 5.41) is 0. The van der Waals surface area contributed by atoms with Gasteiger partial charge in [0.1, 0.15) is 5.82 Å². The summed E-state index contributed by atoms with van der Waals surface area (Å²) in [7, 11) is -1.16. The van der Waals surface area contributed by atoms with E-state index >= 15 is 0 Å². The highest BCUT2D eigenvalue weighted by molar-refractivity contribution is 7.89. The lowest BCUT2D eigenvalue weighted by molar-refractivity contribution is -0.136. The van der Waals surface area contributed by atoms with Crippen molar-refractivity contribution in [2.75, 3.05) is 33.8 Å². The number of nitrogens with zero attached hydrogens (tertiary/aromatic N) is 2. The summed E-state index contributed by atoms with van der Waals surface area (Å²) in [6.45, 7) is 2.74. The van der Waals surface area contributed by atoms with Gasteiger partial charge < -0.3 is 9.64 Å². The van der Waals surface area contributed by atoms with Gasteiger partial charge in [-0.05, 0) is 37.0 Å². The van der Waals surface area contributed by atoms with Gasteiger partial charge in [-0.15, -0.1) is 0 Å². The fraction of sp³-hybridized carbons (Fsp3) is 0.529. The van der Waals surface area contributed by atoms with Crippen LogP contribution in [0.1, 0.15) is 30.1 Å². The Labute approximate surface area is 152 Å². The predicted octanol–water partition coefficient (Wildman–Crippen LogP) is 1.49. The van der Waals surface area contributed by atoms with Crippen LogP contribution in [0.2, 0.25) is 0 Å². The van der Waals surface area contributed by atoms with Crippen LogP contribution in [-0.2, 0) is 19.6 Å². The molecule has 0 unspecified atom stereocenters. The number of piperidine rings is 1. The highest BCUT2D eigenvalue weighted by Crippen LogP contribution is 2.19. The van der Waals surface area contributed by atoms with Crippen LogP contribution in [0.4, 0.5) is 4.39 Å². The van der Waals surface area contributed by atoms with Crippen molar-refractivity contribution < 1.29 is 27.1 Å². The van der Waals surface area contributed by atoms with E-state index in [0.29, 0.717) is 19.0 Å². The third-order valence-corrected chi connectivity index (χ3v) is 6.08. The van der Waals surface area contributed by atoms with Crippen molar-refractivity contribution in [3.05, 3.63) is 29.6 Å². The minimum Gasteiger partial charge on any atom is -0.452 e. The standard InChI is InChI=1S/C17H23FN2O5S/c1-12-5-4-8-20(10-12)16(21)11-25-17(22)14-9-13(6-7-15(14)18)26(23,24)19(2)3/h6-7,9,12H,4-5,8,10-11H2,1-3H3/t12-/m1/s1. The molecule has 0 saturated carbocycles. The Balaban J connectivity index is 2.08. The van der Waals surface area contributed by atoms with Crippen LogP contribution in [0.5, 0.6) is 0 Å². The number of esters is 1. The van der Waals surface area contributed by atoms with Crippen LogP contribution in [0.25, 0.3) is 0 Å². The first kappa shape index (κ1) is 20.3. The predicted molar refractivity (Wildman–Crippen MR) is 92.5 cm³/mol. The van der Waals surface area contributed by atoms with Crippen molar-refractivity contribution in [1.82, 2.24) is 9.21 Å². The van der Waals surface area contributed by atoms with E-state index < -0.39 is 34.0 Å². The molecule has 0 radical (unpaired) electrons. The molecule has 9 heteroatoms. The van der Waals surface area contributed by atoms with Gasteiger partial charge in [-0.25, -0.2) is 21.9 Å². The normalized spacial score (nSPS) is 18.0. The van der Waals surface area contributed by atoms with Crippen LogP contribution in [0.3, 0.4) is 0 Å². The Morgan fingerprint density at radius 1 is 1.35 bits per heavy atom. The molecule has 1 amide bonds.